The first-order valence-electron chi connectivity index (χ1n) is 7.49. The van der Waals surface area contributed by atoms with Gasteiger partial charge < -0.3 is 0 Å². The van der Waals surface area contributed by atoms with Gasteiger partial charge in [-0.3, -0.25) is 0 Å². The molecule has 0 amide bonds. The number of sulfone groups is 1. The Bertz CT molecular complexity index is 838. The van der Waals surface area contributed by atoms with Crippen LogP contribution in [0.25, 0.3) is 0 Å². The summed E-state index contributed by atoms with van der Waals surface area (Å²) in [5, 5.41) is 0.574. The standard InChI is InChI=1S/C18H18Cl4O2S/c1-17(2,21)15-11(19)7-5-9-13(15)25(23,24)14-10-6-8-12(20)16(14)18(3,4)22/h5-10H,1-4H3. The summed E-state index contributed by atoms with van der Waals surface area (Å²) in [6, 6.07) is 9.38. The second-order valence-corrected chi connectivity index (χ2v) is 11.3. The number of hydrogen-bond donors (Lipinski definition) is 0. The van der Waals surface area contributed by atoms with Crippen molar-refractivity contribution in [1.29, 1.82) is 0 Å². The van der Waals surface area contributed by atoms with Crippen molar-refractivity contribution in [2.45, 2.75) is 47.2 Å². The Morgan fingerprint density at radius 2 is 1.04 bits per heavy atom. The maximum atomic E-state index is 13.4. The first-order chi connectivity index (χ1) is 11.3. The van der Waals surface area contributed by atoms with Gasteiger partial charge in [0.1, 0.15) is 0 Å². The van der Waals surface area contributed by atoms with Gasteiger partial charge in [-0.05, 0) is 52.0 Å². The van der Waals surface area contributed by atoms with E-state index in [2.05, 4.69) is 0 Å². The summed E-state index contributed by atoms with van der Waals surface area (Å²) in [6.45, 7) is 6.77. The molecule has 136 valence electrons. The highest BCUT2D eigenvalue weighted by molar-refractivity contribution is 7.91. The van der Waals surface area contributed by atoms with E-state index in [1.807, 2.05) is 0 Å². The quantitative estimate of drug-likeness (QED) is 0.492. The zero-order valence-electron chi connectivity index (χ0n) is 14.2. The summed E-state index contributed by atoms with van der Waals surface area (Å²) >= 11 is 25.4. The molecule has 0 aliphatic heterocycles. The van der Waals surface area contributed by atoms with Crippen molar-refractivity contribution < 1.29 is 8.42 Å². The molecule has 0 fully saturated rings. The van der Waals surface area contributed by atoms with E-state index in [0.717, 1.165) is 0 Å². The highest BCUT2D eigenvalue weighted by atomic mass is 35.5. The molecule has 0 bridgehead atoms. The normalized spacial score (nSPS) is 13.1. The Hall–Kier alpha value is -0.450. The lowest BCUT2D eigenvalue weighted by Gasteiger charge is -2.25. The Morgan fingerprint density at radius 3 is 1.32 bits per heavy atom. The van der Waals surface area contributed by atoms with Gasteiger partial charge in [-0.15, -0.1) is 23.2 Å². The predicted octanol–water partition coefficient (Wildman–Crippen LogP) is 6.77. The molecular weight excluding hydrogens is 422 g/mol. The molecule has 0 aromatic heterocycles. The summed E-state index contributed by atoms with van der Waals surface area (Å²) in [7, 11) is -3.95. The maximum absolute atomic E-state index is 13.4. The lowest BCUT2D eigenvalue weighted by atomic mass is 10.0. The van der Waals surface area contributed by atoms with Gasteiger partial charge in [0.25, 0.3) is 0 Å². The van der Waals surface area contributed by atoms with Gasteiger partial charge in [0, 0.05) is 21.2 Å². The molecule has 0 aliphatic carbocycles. The van der Waals surface area contributed by atoms with Gasteiger partial charge in [-0.25, -0.2) is 8.42 Å². The molecule has 0 heterocycles. The fourth-order valence-corrected chi connectivity index (χ4v) is 6.30. The van der Waals surface area contributed by atoms with Crippen LogP contribution in [0.2, 0.25) is 10.0 Å². The van der Waals surface area contributed by atoms with Crippen LogP contribution < -0.4 is 0 Å². The van der Waals surface area contributed by atoms with Crippen LogP contribution in [0.1, 0.15) is 38.8 Å². The van der Waals surface area contributed by atoms with E-state index in [1.165, 1.54) is 12.1 Å². The number of rotatable bonds is 4. The minimum atomic E-state index is -3.95. The van der Waals surface area contributed by atoms with Gasteiger partial charge in [0.05, 0.1) is 19.5 Å². The van der Waals surface area contributed by atoms with E-state index in [1.54, 1.807) is 52.0 Å². The summed E-state index contributed by atoms with van der Waals surface area (Å²) < 4.78 is 26.9. The zero-order valence-corrected chi connectivity index (χ0v) is 18.0. The van der Waals surface area contributed by atoms with Crippen LogP contribution in [0.5, 0.6) is 0 Å². The number of benzene rings is 2. The fraction of sp³-hybridized carbons (Fsp3) is 0.333. The molecule has 0 unspecified atom stereocenters. The molecule has 2 aromatic carbocycles. The number of hydrogen-bond acceptors (Lipinski definition) is 2. The SMILES string of the molecule is CC(C)(Cl)c1c(Cl)cccc1S(=O)(=O)c1cccc(Cl)c1C(C)(C)Cl. The smallest absolute Gasteiger partial charge is 0.207 e. The van der Waals surface area contributed by atoms with Crippen molar-refractivity contribution in [2.24, 2.45) is 0 Å². The molecule has 0 saturated heterocycles. The third-order valence-corrected chi connectivity index (χ3v) is 6.57. The molecule has 2 rings (SSSR count). The molecule has 0 radical (unpaired) electrons. The molecular formula is C18H18Cl4O2S. The van der Waals surface area contributed by atoms with Crippen molar-refractivity contribution in [3.63, 3.8) is 0 Å². The van der Waals surface area contributed by atoms with Gasteiger partial charge >= 0.3 is 0 Å². The predicted molar refractivity (Wildman–Crippen MR) is 106 cm³/mol. The zero-order chi connectivity index (χ0) is 19.2. The molecule has 0 saturated carbocycles. The molecule has 0 aliphatic rings. The molecule has 0 N–H and O–H groups in total. The van der Waals surface area contributed by atoms with E-state index >= 15 is 0 Å². The monoisotopic (exact) mass is 438 g/mol. The van der Waals surface area contributed by atoms with E-state index in [0.29, 0.717) is 11.1 Å². The average molecular weight is 440 g/mol. The molecule has 0 spiro atoms. The van der Waals surface area contributed by atoms with Crippen molar-refractivity contribution in [3.8, 4) is 0 Å². The minimum absolute atomic E-state index is 0.0458. The van der Waals surface area contributed by atoms with Crippen molar-refractivity contribution in [2.75, 3.05) is 0 Å². The Kier molecular flexibility index (Phi) is 5.79. The van der Waals surface area contributed by atoms with Crippen LogP contribution in [0.15, 0.2) is 46.2 Å². The highest BCUT2D eigenvalue weighted by Gasteiger charge is 2.35. The third-order valence-electron chi connectivity index (χ3n) is 3.72. The lowest BCUT2D eigenvalue weighted by Crippen LogP contribution is -2.19. The molecule has 2 nitrogen and oxygen atoms in total. The second kappa shape index (κ2) is 6.94. The molecule has 25 heavy (non-hydrogen) atoms. The summed E-state index contributed by atoms with van der Waals surface area (Å²) in [5.74, 6) is 0. The Morgan fingerprint density at radius 1 is 0.720 bits per heavy atom. The maximum Gasteiger partial charge on any atom is 0.207 e. The van der Waals surface area contributed by atoms with E-state index in [-0.39, 0.29) is 19.8 Å². The topological polar surface area (TPSA) is 34.1 Å². The van der Waals surface area contributed by atoms with Gasteiger partial charge in [0.15, 0.2) is 0 Å². The van der Waals surface area contributed by atoms with Gasteiger partial charge in [0.2, 0.25) is 9.84 Å². The molecule has 7 heteroatoms. The summed E-state index contributed by atoms with van der Waals surface area (Å²) in [6.07, 6.45) is 0. The third kappa shape index (κ3) is 4.12. The largest absolute Gasteiger partial charge is 0.218 e. The lowest BCUT2D eigenvalue weighted by molar-refractivity contribution is 0.588. The van der Waals surface area contributed by atoms with Gasteiger partial charge in [-0.2, -0.15) is 0 Å². The highest BCUT2D eigenvalue weighted by Crippen LogP contribution is 2.43. The van der Waals surface area contributed by atoms with E-state index in [4.69, 9.17) is 46.4 Å². The van der Waals surface area contributed by atoms with Crippen LogP contribution in [-0.4, -0.2) is 8.42 Å². The number of alkyl halides is 2. The van der Waals surface area contributed by atoms with Crippen molar-refractivity contribution in [3.05, 3.63) is 57.6 Å². The van der Waals surface area contributed by atoms with Crippen molar-refractivity contribution in [1.82, 2.24) is 0 Å². The molecule has 0 atom stereocenters. The fourth-order valence-electron chi connectivity index (χ4n) is 2.73. The Labute approximate surface area is 169 Å². The van der Waals surface area contributed by atoms with E-state index in [9.17, 15) is 8.42 Å². The summed E-state index contributed by atoms with van der Waals surface area (Å²) in [4.78, 5) is -1.86. The van der Waals surface area contributed by atoms with Crippen molar-refractivity contribution >= 4 is 56.2 Å². The second-order valence-electron chi connectivity index (χ2n) is 6.67. The Balaban J connectivity index is 2.89. The number of halogens is 4. The average Bonchev–Trinajstić information content (AvgIpc) is 2.44. The van der Waals surface area contributed by atoms with Crippen LogP contribution in [-0.2, 0) is 19.6 Å². The van der Waals surface area contributed by atoms with Crippen LogP contribution in [0, 0.1) is 0 Å². The van der Waals surface area contributed by atoms with E-state index < -0.39 is 19.6 Å². The van der Waals surface area contributed by atoms with Crippen LogP contribution >= 0.6 is 46.4 Å². The first kappa shape index (κ1) is 20.9. The minimum Gasteiger partial charge on any atom is -0.218 e. The van der Waals surface area contributed by atoms with Crippen LogP contribution in [0.4, 0.5) is 0 Å². The summed E-state index contributed by atoms with van der Waals surface area (Å²) in [5.41, 5.74) is 0.688. The van der Waals surface area contributed by atoms with Gasteiger partial charge in [-0.1, -0.05) is 35.3 Å². The van der Waals surface area contributed by atoms with Crippen LogP contribution in [0.3, 0.4) is 0 Å². The molecule has 2 aromatic rings. The first-order valence-corrected chi connectivity index (χ1v) is 10.5.